The van der Waals surface area contributed by atoms with Gasteiger partial charge in [-0.05, 0) is 20.4 Å². The molecule has 0 aromatic heterocycles. The standard InChI is InChI=1S/C9H22N2O2S/c1-6-11(9(2)3)8-7-10(4)14(5,12)13/h9H,6-8H2,1-5H3. The number of likely N-dealkylation sites (N-methyl/N-ethyl adjacent to an activating group) is 2. The van der Waals surface area contributed by atoms with Crippen molar-refractivity contribution >= 4 is 10.0 Å². The first-order valence-corrected chi connectivity index (χ1v) is 6.79. The van der Waals surface area contributed by atoms with Crippen LogP contribution in [0.25, 0.3) is 0 Å². The van der Waals surface area contributed by atoms with Crippen molar-refractivity contribution in [3.63, 3.8) is 0 Å². The van der Waals surface area contributed by atoms with Crippen molar-refractivity contribution in [2.24, 2.45) is 0 Å². The smallest absolute Gasteiger partial charge is 0.210 e. The minimum Gasteiger partial charge on any atom is -0.300 e. The van der Waals surface area contributed by atoms with E-state index in [1.54, 1.807) is 7.05 Å². The lowest BCUT2D eigenvalue weighted by Crippen LogP contribution is -2.39. The summed E-state index contributed by atoms with van der Waals surface area (Å²) in [4.78, 5) is 2.24. The molecule has 0 aliphatic carbocycles. The van der Waals surface area contributed by atoms with Crippen LogP contribution in [0.1, 0.15) is 20.8 Å². The molecule has 86 valence electrons. The van der Waals surface area contributed by atoms with Crippen molar-refractivity contribution in [1.29, 1.82) is 0 Å². The van der Waals surface area contributed by atoms with Crippen LogP contribution < -0.4 is 0 Å². The highest BCUT2D eigenvalue weighted by Gasteiger charge is 2.13. The minimum absolute atomic E-state index is 0.466. The summed E-state index contributed by atoms with van der Waals surface area (Å²) in [5.41, 5.74) is 0. The maximum atomic E-state index is 11.1. The molecule has 0 rings (SSSR count). The molecule has 14 heavy (non-hydrogen) atoms. The predicted molar refractivity (Wildman–Crippen MR) is 59.9 cm³/mol. The maximum Gasteiger partial charge on any atom is 0.210 e. The normalized spacial score (nSPS) is 13.1. The van der Waals surface area contributed by atoms with Gasteiger partial charge in [0, 0.05) is 26.2 Å². The molecule has 0 bridgehead atoms. The van der Waals surface area contributed by atoms with Gasteiger partial charge < -0.3 is 0 Å². The molecule has 0 aliphatic heterocycles. The average molecular weight is 222 g/mol. The molecule has 0 radical (unpaired) electrons. The molecule has 0 atom stereocenters. The summed E-state index contributed by atoms with van der Waals surface area (Å²) in [5, 5.41) is 0. The van der Waals surface area contributed by atoms with E-state index in [1.807, 2.05) is 0 Å². The molecule has 0 amide bonds. The Bertz CT molecular complexity index is 250. The van der Waals surface area contributed by atoms with Gasteiger partial charge in [-0.2, -0.15) is 0 Å². The fourth-order valence-corrected chi connectivity index (χ4v) is 1.63. The lowest BCUT2D eigenvalue weighted by atomic mass is 10.3. The largest absolute Gasteiger partial charge is 0.300 e. The van der Waals surface area contributed by atoms with E-state index >= 15 is 0 Å². The molecule has 4 nitrogen and oxygen atoms in total. The predicted octanol–water partition coefficient (Wildman–Crippen LogP) is 0.608. The van der Waals surface area contributed by atoms with E-state index in [9.17, 15) is 8.42 Å². The van der Waals surface area contributed by atoms with Crippen LogP contribution in [-0.2, 0) is 10.0 Å². The number of rotatable bonds is 6. The second kappa shape index (κ2) is 5.68. The number of hydrogen-bond acceptors (Lipinski definition) is 3. The van der Waals surface area contributed by atoms with Crippen molar-refractivity contribution in [2.75, 3.05) is 32.9 Å². The Kier molecular flexibility index (Phi) is 5.63. The quantitative estimate of drug-likeness (QED) is 0.661. The molecule has 0 saturated carbocycles. The fourth-order valence-electron chi connectivity index (χ4n) is 1.22. The third kappa shape index (κ3) is 4.93. The van der Waals surface area contributed by atoms with Crippen molar-refractivity contribution in [2.45, 2.75) is 26.8 Å². The summed E-state index contributed by atoms with van der Waals surface area (Å²) in [6.07, 6.45) is 1.23. The van der Waals surface area contributed by atoms with E-state index in [1.165, 1.54) is 10.6 Å². The second-order valence-corrected chi connectivity index (χ2v) is 5.90. The Morgan fingerprint density at radius 3 is 2.00 bits per heavy atom. The SMILES string of the molecule is CCN(CCN(C)S(C)(=O)=O)C(C)C. The molecular weight excluding hydrogens is 200 g/mol. The van der Waals surface area contributed by atoms with Crippen molar-refractivity contribution in [3.8, 4) is 0 Å². The topological polar surface area (TPSA) is 40.6 Å². The molecule has 0 fully saturated rings. The monoisotopic (exact) mass is 222 g/mol. The van der Waals surface area contributed by atoms with Crippen molar-refractivity contribution in [3.05, 3.63) is 0 Å². The maximum absolute atomic E-state index is 11.1. The summed E-state index contributed by atoms with van der Waals surface area (Å²) in [6.45, 7) is 8.62. The molecule has 0 spiro atoms. The first kappa shape index (κ1) is 13.9. The molecule has 0 aromatic rings. The summed E-state index contributed by atoms with van der Waals surface area (Å²) >= 11 is 0. The van der Waals surface area contributed by atoms with Gasteiger partial charge in [-0.3, -0.25) is 4.90 Å². The molecular formula is C9H22N2O2S. The Labute approximate surface area is 87.9 Å². The molecule has 0 N–H and O–H groups in total. The van der Waals surface area contributed by atoms with Crippen LogP contribution in [-0.4, -0.2) is 56.6 Å². The van der Waals surface area contributed by atoms with E-state index in [0.29, 0.717) is 12.6 Å². The summed E-state index contributed by atoms with van der Waals surface area (Å²) in [6, 6.07) is 0.466. The fraction of sp³-hybridized carbons (Fsp3) is 1.00. The van der Waals surface area contributed by atoms with Gasteiger partial charge in [0.2, 0.25) is 10.0 Å². The summed E-state index contributed by atoms with van der Waals surface area (Å²) < 4.78 is 23.6. The van der Waals surface area contributed by atoms with Crippen LogP contribution in [0.15, 0.2) is 0 Å². The number of nitrogens with zero attached hydrogens (tertiary/aromatic N) is 2. The first-order valence-electron chi connectivity index (χ1n) is 4.94. The molecule has 0 saturated heterocycles. The second-order valence-electron chi connectivity index (χ2n) is 3.81. The highest BCUT2D eigenvalue weighted by atomic mass is 32.2. The van der Waals surface area contributed by atoms with E-state index in [-0.39, 0.29) is 0 Å². The van der Waals surface area contributed by atoms with Gasteiger partial charge in [0.1, 0.15) is 0 Å². The Morgan fingerprint density at radius 1 is 1.21 bits per heavy atom. The summed E-state index contributed by atoms with van der Waals surface area (Å²) in [5.74, 6) is 0. The van der Waals surface area contributed by atoms with E-state index < -0.39 is 10.0 Å². The van der Waals surface area contributed by atoms with E-state index in [4.69, 9.17) is 0 Å². The zero-order valence-electron chi connectivity index (χ0n) is 9.82. The molecule has 0 aliphatic rings. The van der Waals surface area contributed by atoms with Crippen LogP contribution in [0.5, 0.6) is 0 Å². The van der Waals surface area contributed by atoms with Crippen LogP contribution >= 0.6 is 0 Å². The molecule has 0 heterocycles. The molecule has 0 aromatic carbocycles. The first-order chi connectivity index (χ1) is 6.29. The van der Waals surface area contributed by atoms with Crippen LogP contribution in [0.3, 0.4) is 0 Å². The Morgan fingerprint density at radius 2 is 1.71 bits per heavy atom. The molecule has 0 unspecified atom stereocenters. The number of sulfonamides is 1. The van der Waals surface area contributed by atoms with Gasteiger partial charge in [0.25, 0.3) is 0 Å². The van der Waals surface area contributed by atoms with Crippen molar-refractivity contribution in [1.82, 2.24) is 9.21 Å². The average Bonchev–Trinajstić information content (AvgIpc) is 2.02. The van der Waals surface area contributed by atoms with E-state index in [2.05, 4.69) is 25.7 Å². The lowest BCUT2D eigenvalue weighted by molar-refractivity contribution is 0.221. The van der Waals surface area contributed by atoms with Gasteiger partial charge in [0.15, 0.2) is 0 Å². The number of hydrogen-bond donors (Lipinski definition) is 0. The van der Waals surface area contributed by atoms with E-state index in [0.717, 1.165) is 13.1 Å². The molecule has 5 heteroatoms. The Hall–Kier alpha value is -0.130. The van der Waals surface area contributed by atoms with Crippen LogP contribution in [0, 0.1) is 0 Å². The Balaban J connectivity index is 4.05. The highest BCUT2D eigenvalue weighted by molar-refractivity contribution is 7.88. The van der Waals surface area contributed by atoms with Gasteiger partial charge >= 0.3 is 0 Å². The lowest BCUT2D eigenvalue weighted by Gasteiger charge is -2.26. The van der Waals surface area contributed by atoms with Crippen LogP contribution in [0.4, 0.5) is 0 Å². The summed E-state index contributed by atoms with van der Waals surface area (Å²) in [7, 11) is -1.41. The zero-order valence-corrected chi connectivity index (χ0v) is 10.6. The van der Waals surface area contributed by atoms with Gasteiger partial charge in [-0.1, -0.05) is 6.92 Å². The highest BCUT2D eigenvalue weighted by Crippen LogP contribution is 1.99. The van der Waals surface area contributed by atoms with Gasteiger partial charge in [0.05, 0.1) is 6.26 Å². The van der Waals surface area contributed by atoms with Gasteiger partial charge in [-0.25, -0.2) is 12.7 Å². The van der Waals surface area contributed by atoms with Gasteiger partial charge in [-0.15, -0.1) is 0 Å². The third-order valence-corrected chi connectivity index (χ3v) is 3.72. The zero-order chi connectivity index (χ0) is 11.4. The van der Waals surface area contributed by atoms with Crippen LogP contribution in [0.2, 0.25) is 0 Å². The van der Waals surface area contributed by atoms with Crippen molar-refractivity contribution < 1.29 is 8.42 Å². The third-order valence-electron chi connectivity index (χ3n) is 2.40. The minimum atomic E-state index is -3.03.